The van der Waals surface area contributed by atoms with Crippen molar-refractivity contribution in [2.75, 3.05) is 13.6 Å². The molecule has 17 heavy (non-hydrogen) atoms. The van der Waals surface area contributed by atoms with E-state index in [4.69, 9.17) is 16.3 Å². The maximum absolute atomic E-state index is 11.8. The van der Waals surface area contributed by atoms with Crippen LogP contribution in [0.1, 0.15) is 29.8 Å². The zero-order chi connectivity index (χ0) is 12.6. The summed E-state index contributed by atoms with van der Waals surface area (Å²) >= 11 is 6.15. The van der Waals surface area contributed by atoms with Gasteiger partial charge in [0.2, 0.25) is 0 Å². The Bertz CT molecular complexity index is 469. The van der Waals surface area contributed by atoms with Gasteiger partial charge in [-0.2, -0.15) is 0 Å². The summed E-state index contributed by atoms with van der Waals surface area (Å²) in [5.74, 6) is 0.764. The van der Waals surface area contributed by atoms with Gasteiger partial charge in [-0.15, -0.1) is 0 Å². The number of hydrogen-bond acceptors (Lipinski definition) is 3. The zero-order valence-electron chi connectivity index (χ0n) is 10.3. The Morgan fingerprint density at radius 2 is 2.24 bits per heavy atom. The lowest BCUT2D eigenvalue weighted by atomic mass is 9.99. The van der Waals surface area contributed by atoms with Gasteiger partial charge in [0.1, 0.15) is 11.4 Å². The van der Waals surface area contributed by atoms with E-state index in [0.29, 0.717) is 17.1 Å². The highest BCUT2D eigenvalue weighted by molar-refractivity contribution is 6.32. The van der Waals surface area contributed by atoms with E-state index in [0.717, 1.165) is 17.7 Å². The molecule has 0 aliphatic carbocycles. The number of likely N-dealkylation sites (N-methyl/N-ethyl adjacent to an activating group) is 1. The molecule has 1 aliphatic rings. The summed E-state index contributed by atoms with van der Waals surface area (Å²) in [7, 11) is 1.75. The number of halogens is 1. The van der Waals surface area contributed by atoms with E-state index < -0.39 is 0 Å². The fourth-order valence-electron chi connectivity index (χ4n) is 2.09. The van der Waals surface area contributed by atoms with Crippen LogP contribution in [-0.4, -0.2) is 25.0 Å². The molecule has 1 heterocycles. The van der Waals surface area contributed by atoms with Crippen molar-refractivity contribution in [2.24, 2.45) is 0 Å². The predicted octanol–water partition coefficient (Wildman–Crippen LogP) is 2.46. The number of ketones is 1. The number of Topliss-reactive ketones (excluding diaryl/α,β-unsaturated/α-hetero) is 1. The third-order valence-corrected chi connectivity index (χ3v) is 3.06. The van der Waals surface area contributed by atoms with Crippen molar-refractivity contribution >= 4 is 17.4 Å². The molecule has 1 aromatic rings. The molecule has 0 fully saturated rings. The monoisotopic (exact) mass is 253 g/mol. The molecule has 92 valence electrons. The van der Waals surface area contributed by atoms with E-state index >= 15 is 0 Å². The van der Waals surface area contributed by atoms with Crippen LogP contribution in [0.4, 0.5) is 0 Å². The van der Waals surface area contributed by atoms with Crippen LogP contribution in [0.2, 0.25) is 5.02 Å². The molecule has 0 bridgehead atoms. The lowest BCUT2D eigenvalue weighted by molar-refractivity contribution is 0.0993. The largest absolute Gasteiger partial charge is 0.486 e. The second-order valence-corrected chi connectivity index (χ2v) is 5.35. The number of carbonyl (C=O) groups is 1. The first-order chi connectivity index (χ1) is 7.93. The highest BCUT2D eigenvalue weighted by atomic mass is 35.5. The summed E-state index contributed by atoms with van der Waals surface area (Å²) in [6, 6.07) is 3.57. The van der Waals surface area contributed by atoms with E-state index in [1.54, 1.807) is 13.1 Å². The zero-order valence-corrected chi connectivity index (χ0v) is 11.0. The van der Waals surface area contributed by atoms with Gasteiger partial charge >= 0.3 is 0 Å². The minimum atomic E-state index is -0.239. The SMILES string of the molecule is CNCC(=O)c1cc(Cl)c2c(c1)CC(C)(C)O2. The number of nitrogens with one attached hydrogen (secondary N) is 1. The van der Waals surface area contributed by atoms with Crippen LogP contribution >= 0.6 is 11.6 Å². The van der Waals surface area contributed by atoms with Gasteiger partial charge in [-0.25, -0.2) is 0 Å². The van der Waals surface area contributed by atoms with E-state index in [1.165, 1.54) is 0 Å². The fourth-order valence-corrected chi connectivity index (χ4v) is 2.37. The second-order valence-electron chi connectivity index (χ2n) is 4.94. The summed E-state index contributed by atoms with van der Waals surface area (Å²) in [6.07, 6.45) is 0.780. The van der Waals surface area contributed by atoms with Gasteiger partial charge in [0.25, 0.3) is 0 Å². The van der Waals surface area contributed by atoms with Gasteiger partial charge < -0.3 is 10.1 Å². The minimum Gasteiger partial charge on any atom is -0.486 e. The minimum absolute atomic E-state index is 0.0434. The van der Waals surface area contributed by atoms with Crippen molar-refractivity contribution in [1.29, 1.82) is 0 Å². The van der Waals surface area contributed by atoms with Crippen molar-refractivity contribution in [3.63, 3.8) is 0 Å². The van der Waals surface area contributed by atoms with Gasteiger partial charge in [0, 0.05) is 17.5 Å². The van der Waals surface area contributed by atoms with E-state index in [1.807, 2.05) is 19.9 Å². The first-order valence-corrected chi connectivity index (χ1v) is 6.00. The smallest absolute Gasteiger partial charge is 0.176 e. The Balaban J connectivity index is 2.37. The van der Waals surface area contributed by atoms with Crippen molar-refractivity contribution in [2.45, 2.75) is 25.9 Å². The van der Waals surface area contributed by atoms with Crippen LogP contribution in [-0.2, 0) is 6.42 Å². The Morgan fingerprint density at radius 1 is 1.53 bits per heavy atom. The van der Waals surface area contributed by atoms with Crippen molar-refractivity contribution in [1.82, 2.24) is 5.32 Å². The number of rotatable bonds is 3. The van der Waals surface area contributed by atoms with Gasteiger partial charge in [0.15, 0.2) is 5.78 Å². The molecule has 0 atom stereocenters. The molecule has 0 unspecified atom stereocenters. The lowest BCUT2D eigenvalue weighted by Gasteiger charge is -2.17. The van der Waals surface area contributed by atoms with Gasteiger partial charge in [-0.05, 0) is 33.0 Å². The first-order valence-electron chi connectivity index (χ1n) is 5.62. The molecule has 3 nitrogen and oxygen atoms in total. The number of fused-ring (bicyclic) bond motifs is 1. The third kappa shape index (κ3) is 2.45. The van der Waals surface area contributed by atoms with Gasteiger partial charge in [-0.1, -0.05) is 11.6 Å². The van der Waals surface area contributed by atoms with Crippen LogP contribution in [0.25, 0.3) is 0 Å². The van der Waals surface area contributed by atoms with Crippen LogP contribution in [0.3, 0.4) is 0 Å². The maximum Gasteiger partial charge on any atom is 0.176 e. The van der Waals surface area contributed by atoms with Gasteiger partial charge in [0.05, 0.1) is 11.6 Å². The Kier molecular flexibility index (Phi) is 3.15. The number of benzene rings is 1. The molecule has 2 rings (SSSR count). The average molecular weight is 254 g/mol. The third-order valence-electron chi connectivity index (χ3n) is 2.77. The predicted molar refractivity (Wildman–Crippen MR) is 68.1 cm³/mol. The molecule has 1 aliphatic heterocycles. The van der Waals surface area contributed by atoms with Crippen molar-refractivity contribution in [3.8, 4) is 5.75 Å². The standard InChI is InChI=1S/C13H16ClNO2/c1-13(2)6-9-4-8(11(16)7-15-3)5-10(14)12(9)17-13/h4-5,15H,6-7H2,1-3H3. The molecule has 4 heteroatoms. The van der Waals surface area contributed by atoms with E-state index in [-0.39, 0.29) is 11.4 Å². The summed E-state index contributed by atoms with van der Waals surface area (Å²) in [5.41, 5.74) is 1.42. The van der Waals surface area contributed by atoms with E-state index in [9.17, 15) is 4.79 Å². The van der Waals surface area contributed by atoms with Crippen LogP contribution in [0.5, 0.6) is 5.75 Å². The lowest BCUT2D eigenvalue weighted by Crippen LogP contribution is -2.24. The Morgan fingerprint density at radius 3 is 2.88 bits per heavy atom. The summed E-state index contributed by atoms with van der Waals surface area (Å²) < 4.78 is 5.76. The molecule has 0 saturated heterocycles. The van der Waals surface area contributed by atoms with Gasteiger partial charge in [-0.3, -0.25) is 4.79 Å². The molecule has 0 spiro atoms. The quantitative estimate of drug-likeness (QED) is 0.841. The highest BCUT2D eigenvalue weighted by Gasteiger charge is 2.32. The van der Waals surface area contributed by atoms with E-state index in [2.05, 4.69) is 5.32 Å². The Hall–Kier alpha value is -1.06. The van der Waals surface area contributed by atoms with Crippen LogP contribution < -0.4 is 10.1 Å². The Labute approximate surface area is 106 Å². The molecular weight excluding hydrogens is 238 g/mol. The first kappa shape index (κ1) is 12.4. The molecule has 0 aromatic heterocycles. The molecule has 1 aromatic carbocycles. The topological polar surface area (TPSA) is 38.3 Å². The van der Waals surface area contributed by atoms with Crippen molar-refractivity contribution in [3.05, 3.63) is 28.3 Å². The summed E-state index contributed by atoms with van der Waals surface area (Å²) in [6.45, 7) is 4.34. The maximum atomic E-state index is 11.8. The van der Waals surface area contributed by atoms with Crippen molar-refractivity contribution < 1.29 is 9.53 Å². The second kappa shape index (κ2) is 4.31. The summed E-state index contributed by atoms with van der Waals surface area (Å²) in [5, 5.41) is 3.37. The molecule has 1 N–H and O–H groups in total. The molecule has 0 radical (unpaired) electrons. The summed E-state index contributed by atoms with van der Waals surface area (Å²) in [4.78, 5) is 11.8. The normalized spacial score (nSPS) is 16.5. The highest BCUT2D eigenvalue weighted by Crippen LogP contribution is 2.40. The van der Waals surface area contributed by atoms with Crippen LogP contribution in [0.15, 0.2) is 12.1 Å². The molecule has 0 amide bonds. The number of ether oxygens (including phenoxy) is 1. The fraction of sp³-hybridized carbons (Fsp3) is 0.462. The average Bonchev–Trinajstić information content (AvgIpc) is 2.53. The van der Waals surface area contributed by atoms with Crippen LogP contribution in [0, 0.1) is 0 Å². The molecule has 0 saturated carbocycles. The number of carbonyl (C=O) groups excluding carboxylic acids is 1. The number of hydrogen-bond donors (Lipinski definition) is 1. The molecular formula is C13H16ClNO2.